The Kier molecular flexibility index (Phi) is 4.69. The van der Waals surface area contributed by atoms with Crippen molar-refractivity contribution in [1.29, 1.82) is 0 Å². The zero-order valence-electron chi connectivity index (χ0n) is 15.1. The van der Waals surface area contributed by atoms with Gasteiger partial charge in [-0.1, -0.05) is 48.3 Å². The van der Waals surface area contributed by atoms with Gasteiger partial charge >= 0.3 is 0 Å². The third-order valence-corrected chi connectivity index (χ3v) is 4.93. The van der Waals surface area contributed by atoms with Crippen molar-refractivity contribution in [3.05, 3.63) is 82.6 Å². The molecule has 0 fully saturated rings. The van der Waals surface area contributed by atoms with E-state index in [0.29, 0.717) is 5.65 Å². The number of pyridine rings is 2. The summed E-state index contributed by atoms with van der Waals surface area (Å²) in [6.07, 6.45) is 2.01. The summed E-state index contributed by atoms with van der Waals surface area (Å²) in [6.45, 7) is 2.09. The molecule has 4 nitrogen and oxygen atoms in total. The van der Waals surface area contributed by atoms with Crippen molar-refractivity contribution in [2.45, 2.75) is 6.92 Å². The summed E-state index contributed by atoms with van der Waals surface area (Å²) in [4.78, 5) is 19.4. The first kappa shape index (κ1) is 17.4. The average Bonchev–Trinajstić information content (AvgIpc) is 2.69. The van der Waals surface area contributed by atoms with E-state index >= 15 is 0 Å². The molecule has 0 amide bonds. The van der Waals surface area contributed by atoms with Crippen LogP contribution >= 0.6 is 11.9 Å². The Bertz CT molecular complexity index is 1170. The third kappa shape index (κ3) is 3.46. The molecule has 0 aliphatic carbocycles. The SMILES string of the molecule is CSNc1ccc(-c2cc3ccc(=O)[nH]c3nc2-c2ccccc2)cc1C. The summed E-state index contributed by atoms with van der Waals surface area (Å²) in [5.74, 6) is 0. The minimum atomic E-state index is -0.148. The lowest BCUT2D eigenvalue weighted by molar-refractivity contribution is 1.23. The minimum absolute atomic E-state index is 0.148. The van der Waals surface area contributed by atoms with Gasteiger partial charge in [-0.15, -0.1) is 0 Å². The van der Waals surface area contributed by atoms with E-state index in [4.69, 9.17) is 4.98 Å². The summed E-state index contributed by atoms with van der Waals surface area (Å²) >= 11 is 1.58. The van der Waals surface area contributed by atoms with Crippen LogP contribution < -0.4 is 10.3 Å². The Morgan fingerprint density at radius 3 is 2.52 bits per heavy atom. The maximum Gasteiger partial charge on any atom is 0.249 e. The zero-order chi connectivity index (χ0) is 18.8. The molecule has 0 unspecified atom stereocenters. The van der Waals surface area contributed by atoms with Crippen LogP contribution in [0, 0.1) is 6.92 Å². The monoisotopic (exact) mass is 373 g/mol. The predicted molar refractivity (Wildman–Crippen MR) is 115 cm³/mol. The molecule has 4 rings (SSSR count). The lowest BCUT2D eigenvalue weighted by Gasteiger charge is -2.13. The number of H-pyrrole nitrogens is 1. The van der Waals surface area contributed by atoms with Gasteiger partial charge in [-0.3, -0.25) is 4.79 Å². The highest BCUT2D eigenvalue weighted by Crippen LogP contribution is 2.34. The molecule has 0 saturated carbocycles. The van der Waals surface area contributed by atoms with Gasteiger partial charge in [-0.2, -0.15) is 0 Å². The fraction of sp³-hybridized carbons (Fsp3) is 0.0909. The summed E-state index contributed by atoms with van der Waals surface area (Å²) in [6, 6.07) is 21.9. The average molecular weight is 373 g/mol. The van der Waals surface area contributed by atoms with Crippen LogP contribution in [-0.4, -0.2) is 16.2 Å². The number of aromatic amines is 1. The first-order valence-electron chi connectivity index (χ1n) is 8.65. The number of hydrogen-bond donors (Lipinski definition) is 2. The van der Waals surface area contributed by atoms with Gasteiger partial charge in [-0.25, -0.2) is 4.98 Å². The van der Waals surface area contributed by atoms with Crippen molar-refractivity contribution in [2.24, 2.45) is 0 Å². The van der Waals surface area contributed by atoms with E-state index in [1.807, 2.05) is 42.7 Å². The second-order valence-electron chi connectivity index (χ2n) is 6.35. The molecule has 0 bridgehead atoms. The summed E-state index contributed by atoms with van der Waals surface area (Å²) in [7, 11) is 0. The van der Waals surface area contributed by atoms with E-state index in [9.17, 15) is 4.79 Å². The number of hydrogen-bond acceptors (Lipinski definition) is 4. The molecule has 0 radical (unpaired) electrons. The van der Waals surface area contributed by atoms with E-state index in [2.05, 4.69) is 40.9 Å². The van der Waals surface area contributed by atoms with Crippen LogP contribution in [0.5, 0.6) is 0 Å². The second kappa shape index (κ2) is 7.29. The summed E-state index contributed by atoms with van der Waals surface area (Å²) < 4.78 is 3.30. The van der Waals surface area contributed by atoms with Crippen molar-refractivity contribution in [3.8, 4) is 22.4 Å². The van der Waals surface area contributed by atoms with E-state index in [-0.39, 0.29) is 5.56 Å². The standard InChI is InChI=1S/C22H19N3OS/c1-14-12-16(8-10-19(14)25-27-2)18-13-17-9-11-20(26)23-22(17)24-21(18)15-6-4-3-5-7-15/h3-13,25H,1-2H3,(H,23,24,26). The molecule has 0 atom stereocenters. The Morgan fingerprint density at radius 1 is 0.963 bits per heavy atom. The van der Waals surface area contributed by atoms with Crippen molar-refractivity contribution in [3.63, 3.8) is 0 Å². The molecular formula is C22H19N3OS. The van der Waals surface area contributed by atoms with Crippen LogP contribution in [0.1, 0.15) is 5.56 Å². The van der Waals surface area contributed by atoms with Gasteiger partial charge in [0.05, 0.1) is 5.69 Å². The van der Waals surface area contributed by atoms with Gasteiger partial charge in [0, 0.05) is 34.5 Å². The Morgan fingerprint density at radius 2 is 1.78 bits per heavy atom. The normalized spacial score (nSPS) is 10.9. The van der Waals surface area contributed by atoms with Crippen LogP contribution in [0.25, 0.3) is 33.4 Å². The van der Waals surface area contributed by atoms with Crippen LogP contribution in [-0.2, 0) is 0 Å². The largest absolute Gasteiger partial charge is 0.330 e. The summed E-state index contributed by atoms with van der Waals surface area (Å²) in [5, 5.41) is 0.910. The summed E-state index contributed by atoms with van der Waals surface area (Å²) in [5.41, 5.74) is 6.73. The van der Waals surface area contributed by atoms with Crippen LogP contribution in [0.2, 0.25) is 0 Å². The predicted octanol–water partition coefficient (Wildman–Crippen LogP) is 5.26. The molecule has 0 aliphatic rings. The molecule has 134 valence electrons. The molecule has 2 aromatic heterocycles. The second-order valence-corrected chi connectivity index (χ2v) is 6.96. The number of anilines is 1. The van der Waals surface area contributed by atoms with E-state index in [1.165, 1.54) is 11.6 Å². The third-order valence-electron chi connectivity index (χ3n) is 4.50. The quantitative estimate of drug-likeness (QED) is 0.479. The number of nitrogens with zero attached hydrogens (tertiary/aromatic N) is 1. The highest BCUT2D eigenvalue weighted by atomic mass is 32.2. The van der Waals surface area contributed by atoms with Crippen molar-refractivity contribution in [1.82, 2.24) is 9.97 Å². The first-order valence-corrected chi connectivity index (χ1v) is 9.88. The van der Waals surface area contributed by atoms with Gasteiger partial charge in [0.25, 0.3) is 0 Å². The van der Waals surface area contributed by atoms with Crippen LogP contribution in [0.3, 0.4) is 0 Å². The number of nitrogens with one attached hydrogen (secondary N) is 2. The first-order chi connectivity index (χ1) is 13.2. The topological polar surface area (TPSA) is 57.8 Å². The Labute approximate surface area is 161 Å². The van der Waals surface area contributed by atoms with Crippen molar-refractivity contribution < 1.29 is 0 Å². The fourth-order valence-corrected chi connectivity index (χ4v) is 3.62. The highest BCUT2D eigenvalue weighted by molar-refractivity contribution is 7.99. The minimum Gasteiger partial charge on any atom is -0.330 e. The van der Waals surface area contributed by atoms with Crippen molar-refractivity contribution in [2.75, 3.05) is 11.0 Å². The zero-order valence-corrected chi connectivity index (χ0v) is 15.9. The van der Waals surface area contributed by atoms with Gasteiger partial charge in [0.1, 0.15) is 5.65 Å². The molecule has 0 spiro atoms. The van der Waals surface area contributed by atoms with Crippen LogP contribution in [0.15, 0.2) is 71.5 Å². The van der Waals surface area contributed by atoms with E-state index < -0.39 is 0 Å². The van der Waals surface area contributed by atoms with E-state index in [0.717, 1.165) is 33.5 Å². The van der Waals surface area contributed by atoms with Crippen LogP contribution in [0.4, 0.5) is 5.69 Å². The molecule has 5 heteroatoms. The number of rotatable bonds is 4. The Balaban J connectivity index is 1.97. The fourth-order valence-electron chi connectivity index (χ4n) is 3.17. The Hall–Kier alpha value is -3.05. The van der Waals surface area contributed by atoms with E-state index in [1.54, 1.807) is 11.9 Å². The molecule has 0 aliphatic heterocycles. The van der Waals surface area contributed by atoms with Gasteiger partial charge in [0.15, 0.2) is 0 Å². The van der Waals surface area contributed by atoms with Gasteiger partial charge in [0.2, 0.25) is 5.56 Å². The maximum absolute atomic E-state index is 11.7. The number of fused-ring (bicyclic) bond motifs is 1. The molecule has 4 aromatic rings. The number of aryl methyl sites for hydroxylation is 1. The van der Waals surface area contributed by atoms with Gasteiger partial charge in [-0.05, 0) is 42.3 Å². The highest BCUT2D eigenvalue weighted by Gasteiger charge is 2.13. The lowest BCUT2D eigenvalue weighted by atomic mass is 9.96. The van der Waals surface area contributed by atoms with Crippen molar-refractivity contribution >= 4 is 28.7 Å². The molecular weight excluding hydrogens is 354 g/mol. The maximum atomic E-state index is 11.7. The lowest BCUT2D eigenvalue weighted by Crippen LogP contribution is -2.04. The molecule has 2 heterocycles. The molecule has 2 N–H and O–H groups in total. The molecule has 27 heavy (non-hydrogen) atoms. The van der Waals surface area contributed by atoms with Gasteiger partial charge < -0.3 is 9.71 Å². The smallest absolute Gasteiger partial charge is 0.249 e. The number of benzene rings is 2. The molecule has 0 saturated heterocycles. The number of aromatic nitrogens is 2. The molecule has 2 aromatic carbocycles.